The van der Waals surface area contributed by atoms with Crippen LogP contribution < -0.4 is 11.3 Å². The highest BCUT2D eigenvalue weighted by atomic mass is 35.5. The molecule has 0 spiro atoms. The predicted molar refractivity (Wildman–Crippen MR) is 65.6 cm³/mol. The van der Waals surface area contributed by atoms with E-state index in [0.29, 0.717) is 0 Å². The number of rotatable bonds is 3. The summed E-state index contributed by atoms with van der Waals surface area (Å²) in [6.07, 6.45) is 0.976. The van der Waals surface area contributed by atoms with Gasteiger partial charge in [-0.05, 0) is 29.5 Å². The molecule has 1 atom stereocenters. The highest BCUT2D eigenvalue weighted by molar-refractivity contribution is 6.30. The van der Waals surface area contributed by atoms with Crippen molar-refractivity contribution >= 4 is 11.6 Å². The average molecular weight is 227 g/mol. The van der Waals surface area contributed by atoms with Gasteiger partial charge in [0.1, 0.15) is 0 Å². The molecule has 0 amide bonds. The highest BCUT2D eigenvalue weighted by Crippen LogP contribution is 2.29. The molecular weight excluding hydrogens is 208 g/mol. The summed E-state index contributed by atoms with van der Waals surface area (Å²) in [5, 5.41) is 0.752. The molecule has 0 saturated heterocycles. The molecule has 1 rings (SSSR count). The third-order valence-electron chi connectivity index (χ3n) is 2.27. The molecule has 0 aliphatic rings. The summed E-state index contributed by atoms with van der Waals surface area (Å²) in [4.78, 5) is 0. The van der Waals surface area contributed by atoms with Gasteiger partial charge in [-0.25, -0.2) is 0 Å². The lowest BCUT2D eigenvalue weighted by Gasteiger charge is -2.25. The number of benzene rings is 1. The Morgan fingerprint density at radius 2 is 2.07 bits per heavy atom. The molecule has 2 nitrogen and oxygen atoms in total. The molecule has 1 aromatic carbocycles. The van der Waals surface area contributed by atoms with E-state index in [0.717, 1.165) is 17.0 Å². The van der Waals surface area contributed by atoms with E-state index in [-0.39, 0.29) is 11.5 Å². The van der Waals surface area contributed by atoms with Gasteiger partial charge >= 0.3 is 0 Å². The molecule has 84 valence electrons. The molecule has 3 heteroatoms. The number of hydrogen-bond donors (Lipinski definition) is 2. The van der Waals surface area contributed by atoms with Crippen molar-refractivity contribution in [3.05, 3.63) is 34.9 Å². The van der Waals surface area contributed by atoms with Crippen LogP contribution in [0.3, 0.4) is 0 Å². The maximum absolute atomic E-state index is 5.95. The van der Waals surface area contributed by atoms with Crippen molar-refractivity contribution in [2.24, 2.45) is 11.3 Å². The molecule has 15 heavy (non-hydrogen) atoms. The smallest absolute Gasteiger partial charge is 0.0465 e. The van der Waals surface area contributed by atoms with Gasteiger partial charge in [-0.3, -0.25) is 11.3 Å². The van der Waals surface area contributed by atoms with Gasteiger partial charge in [-0.15, -0.1) is 0 Å². The van der Waals surface area contributed by atoms with Gasteiger partial charge in [-0.1, -0.05) is 44.5 Å². The van der Waals surface area contributed by atoms with Gasteiger partial charge in [0.2, 0.25) is 0 Å². The summed E-state index contributed by atoms with van der Waals surface area (Å²) < 4.78 is 0. The van der Waals surface area contributed by atoms with Crippen LogP contribution in [0.5, 0.6) is 0 Å². The maximum Gasteiger partial charge on any atom is 0.0465 e. The Morgan fingerprint density at radius 1 is 1.40 bits per heavy atom. The van der Waals surface area contributed by atoms with E-state index in [9.17, 15) is 0 Å². The van der Waals surface area contributed by atoms with Crippen molar-refractivity contribution in [1.82, 2.24) is 5.43 Å². The third-order valence-corrected chi connectivity index (χ3v) is 2.50. The topological polar surface area (TPSA) is 38.0 Å². The molecule has 3 N–H and O–H groups in total. The van der Waals surface area contributed by atoms with E-state index in [2.05, 4.69) is 26.2 Å². The van der Waals surface area contributed by atoms with Crippen LogP contribution in [0.4, 0.5) is 0 Å². The van der Waals surface area contributed by atoms with Gasteiger partial charge in [0.25, 0.3) is 0 Å². The number of nitrogens with one attached hydrogen (secondary N) is 1. The molecule has 0 aromatic heterocycles. The Bertz CT molecular complexity index is 318. The summed E-state index contributed by atoms with van der Waals surface area (Å²) in [5.74, 6) is 5.57. The molecule has 0 radical (unpaired) electrons. The van der Waals surface area contributed by atoms with Crippen molar-refractivity contribution in [1.29, 1.82) is 0 Å². The maximum atomic E-state index is 5.95. The monoisotopic (exact) mass is 226 g/mol. The van der Waals surface area contributed by atoms with Crippen LogP contribution in [0.15, 0.2) is 24.3 Å². The van der Waals surface area contributed by atoms with E-state index >= 15 is 0 Å². The summed E-state index contributed by atoms with van der Waals surface area (Å²) in [7, 11) is 0. The first kappa shape index (κ1) is 12.5. The van der Waals surface area contributed by atoms with Crippen LogP contribution >= 0.6 is 11.6 Å². The van der Waals surface area contributed by atoms with Gasteiger partial charge in [0.05, 0.1) is 0 Å². The average Bonchev–Trinajstić information content (AvgIpc) is 2.13. The predicted octanol–water partition coefficient (Wildman–Crippen LogP) is 3.28. The van der Waals surface area contributed by atoms with E-state index < -0.39 is 0 Å². The Labute approximate surface area is 96.8 Å². The van der Waals surface area contributed by atoms with E-state index in [4.69, 9.17) is 17.4 Å². The van der Waals surface area contributed by atoms with E-state index in [1.807, 2.05) is 24.3 Å². The lowest BCUT2D eigenvalue weighted by Crippen LogP contribution is -2.31. The summed E-state index contributed by atoms with van der Waals surface area (Å²) >= 11 is 5.95. The summed E-state index contributed by atoms with van der Waals surface area (Å²) in [5.41, 5.74) is 4.22. The van der Waals surface area contributed by atoms with Crippen LogP contribution in [-0.2, 0) is 0 Å². The molecule has 0 fully saturated rings. The largest absolute Gasteiger partial charge is 0.271 e. The molecule has 0 bridgehead atoms. The van der Waals surface area contributed by atoms with E-state index in [1.165, 1.54) is 0 Å². The van der Waals surface area contributed by atoms with Gasteiger partial charge in [0.15, 0.2) is 0 Å². The Morgan fingerprint density at radius 3 is 2.53 bits per heavy atom. The minimum Gasteiger partial charge on any atom is -0.271 e. The fraction of sp³-hybridized carbons (Fsp3) is 0.500. The van der Waals surface area contributed by atoms with Crippen LogP contribution in [0, 0.1) is 5.41 Å². The fourth-order valence-corrected chi connectivity index (χ4v) is 1.81. The number of nitrogens with two attached hydrogens (primary N) is 1. The first-order chi connectivity index (χ1) is 6.92. The van der Waals surface area contributed by atoms with Crippen LogP contribution in [0.1, 0.15) is 38.8 Å². The second-order valence-electron chi connectivity index (χ2n) is 5.04. The van der Waals surface area contributed by atoms with E-state index in [1.54, 1.807) is 0 Å². The molecular formula is C12H19ClN2. The van der Waals surface area contributed by atoms with Gasteiger partial charge < -0.3 is 0 Å². The standard InChI is InChI=1S/C12H19ClN2/c1-12(2,3)8-11(15-14)9-5-4-6-10(13)7-9/h4-7,11,15H,8,14H2,1-3H3. The second-order valence-corrected chi connectivity index (χ2v) is 5.48. The quantitative estimate of drug-likeness (QED) is 0.613. The second kappa shape index (κ2) is 4.97. The normalized spacial score (nSPS) is 13.9. The molecule has 0 aliphatic carbocycles. The van der Waals surface area contributed by atoms with Crippen molar-refractivity contribution < 1.29 is 0 Å². The molecule has 1 unspecified atom stereocenters. The Kier molecular flexibility index (Phi) is 4.14. The number of hydrazine groups is 1. The van der Waals surface area contributed by atoms with Crippen molar-refractivity contribution in [3.8, 4) is 0 Å². The molecule has 0 heterocycles. The van der Waals surface area contributed by atoms with Crippen molar-refractivity contribution in [2.75, 3.05) is 0 Å². The third kappa shape index (κ3) is 4.20. The van der Waals surface area contributed by atoms with Gasteiger partial charge in [0, 0.05) is 11.1 Å². The Hall–Kier alpha value is -0.570. The zero-order valence-electron chi connectivity index (χ0n) is 9.55. The molecule has 0 saturated carbocycles. The Balaban J connectivity index is 2.83. The zero-order chi connectivity index (χ0) is 11.5. The van der Waals surface area contributed by atoms with Crippen LogP contribution in [-0.4, -0.2) is 0 Å². The molecule has 0 aliphatic heterocycles. The van der Waals surface area contributed by atoms with Crippen LogP contribution in [0.2, 0.25) is 5.02 Å². The number of hydrogen-bond acceptors (Lipinski definition) is 2. The van der Waals surface area contributed by atoms with Crippen molar-refractivity contribution in [2.45, 2.75) is 33.2 Å². The minimum absolute atomic E-state index is 0.156. The SMILES string of the molecule is CC(C)(C)CC(NN)c1cccc(Cl)c1. The fourth-order valence-electron chi connectivity index (χ4n) is 1.61. The lowest BCUT2D eigenvalue weighted by molar-refractivity contribution is 0.313. The number of halogens is 1. The first-order valence-corrected chi connectivity index (χ1v) is 5.52. The minimum atomic E-state index is 0.156. The van der Waals surface area contributed by atoms with Gasteiger partial charge in [-0.2, -0.15) is 0 Å². The first-order valence-electron chi connectivity index (χ1n) is 5.14. The zero-order valence-corrected chi connectivity index (χ0v) is 10.3. The van der Waals surface area contributed by atoms with Crippen molar-refractivity contribution in [3.63, 3.8) is 0 Å². The summed E-state index contributed by atoms with van der Waals surface area (Å²) in [6.45, 7) is 6.59. The summed E-state index contributed by atoms with van der Waals surface area (Å²) in [6, 6.07) is 7.98. The van der Waals surface area contributed by atoms with Crippen LogP contribution in [0.25, 0.3) is 0 Å². The highest BCUT2D eigenvalue weighted by Gasteiger charge is 2.19. The molecule has 1 aromatic rings. The lowest BCUT2D eigenvalue weighted by atomic mass is 9.86.